The number of ether oxygens (including phenoxy) is 1. The van der Waals surface area contributed by atoms with Gasteiger partial charge < -0.3 is 9.16 Å². The third kappa shape index (κ3) is 7.76. The maximum Gasteiger partial charge on any atom is 0.191 e. The molecule has 0 unspecified atom stereocenters. The lowest BCUT2D eigenvalue weighted by molar-refractivity contribution is 0.117. The van der Waals surface area contributed by atoms with Crippen molar-refractivity contribution < 1.29 is 9.16 Å². The van der Waals surface area contributed by atoms with E-state index < -0.39 is 8.32 Å². The van der Waals surface area contributed by atoms with Gasteiger partial charge in [-0.15, -0.1) is 0 Å². The quantitative estimate of drug-likeness (QED) is 0.174. The molecule has 35 heavy (non-hydrogen) atoms. The number of unbranched alkanes of at least 4 members (excludes halogenated alkanes) is 1. The SMILES string of the molecule is COC[C@@H]1CCCN1/N=C(/c1ccccc1)[C@H](CCCCO[Si](C)(C)C(C)(C)C)c1ccccc1. The fourth-order valence-corrected chi connectivity index (χ4v) is 5.62. The van der Waals surface area contributed by atoms with Crippen molar-refractivity contribution in [3.05, 3.63) is 71.8 Å². The van der Waals surface area contributed by atoms with Gasteiger partial charge in [0.05, 0.1) is 18.4 Å². The van der Waals surface area contributed by atoms with Gasteiger partial charge in [-0.25, -0.2) is 0 Å². The van der Waals surface area contributed by atoms with Crippen LogP contribution in [0.15, 0.2) is 65.8 Å². The van der Waals surface area contributed by atoms with Crippen LogP contribution in [0.25, 0.3) is 0 Å². The van der Waals surface area contributed by atoms with Gasteiger partial charge in [0, 0.05) is 26.2 Å². The van der Waals surface area contributed by atoms with Crippen LogP contribution in [0.5, 0.6) is 0 Å². The predicted octanol–water partition coefficient (Wildman–Crippen LogP) is 7.48. The molecule has 0 amide bonds. The first kappa shape index (κ1) is 27.6. The van der Waals surface area contributed by atoms with Gasteiger partial charge in [-0.2, -0.15) is 5.10 Å². The van der Waals surface area contributed by atoms with Crippen LogP contribution in [-0.2, 0) is 9.16 Å². The summed E-state index contributed by atoms with van der Waals surface area (Å²) in [7, 11) is 0.0856. The van der Waals surface area contributed by atoms with Crippen molar-refractivity contribution >= 4 is 14.0 Å². The molecule has 1 fully saturated rings. The number of hydrogen-bond acceptors (Lipinski definition) is 4. The van der Waals surface area contributed by atoms with E-state index in [1.165, 1.54) is 23.3 Å². The first-order valence-corrected chi connectivity index (χ1v) is 16.2. The summed E-state index contributed by atoms with van der Waals surface area (Å²) in [6.07, 6.45) is 5.55. The highest BCUT2D eigenvalue weighted by atomic mass is 28.4. The number of methoxy groups -OCH3 is 1. The van der Waals surface area contributed by atoms with E-state index in [2.05, 4.69) is 99.5 Å². The molecule has 5 heteroatoms. The lowest BCUT2D eigenvalue weighted by Crippen LogP contribution is -2.40. The lowest BCUT2D eigenvalue weighted by Gasteiger charge is -2.36. The molecule has 0 aliphatic carbocycles. The molecule has 2 aromatic carbocycles. The molecule has 1 aliphatic rings. The molecule has 1 saturated heterocycles. The first-order valence-electron chi connectivity index (χ1n) is 13.3. The molecular weight excluding hydrogens is 448 g/mol. The van der Waals surface area contributed by atoms with Crippen LogP contribution in [0.1, 0.15) is 69.9 Å². The Labute approximate surface area is 214 Å². The van der Waals surface area contributed by atoms with E-state index in [-0.39, 0.29) is 11.0 Å². The van der Waals surface area contributed by atoms with E-state index in [1.807, 2.05) is 0 Å². The summed E-state index contributed by atoms with van der Waals surface area (Å²) in [5.74, 6) is 0.246. The van der Waals surface area contributed by atoms with Crippen molar-refractivity contribution in [2.45, 2.75) is 83.0 Å². The molecule has 2 aromatic rings. The number of rotatable bonds is 12. The summed E-state index contributed by atoms with van der Waals surface area (Å²) in [5.41, 5.74) is 3.72. The molecule has 0 saturated carbocycles. The molecule has 192 valence electrons. The van der Waals surface area contributed by atoms with Crippen molar-refractivity contribution in [3.8, 4) is 0 Å². The molecular formula is C30H46N2O2Si. The van der Waals surface area contributed by atoms with E-state index in [4.69, 9.17) is 14.3 Å². The standard InChI is InChI=1S/C30H46N2O2Si/c1-30(2,3)35(5,6)34-23-14-13-21-28(25-16-9-7-10-17-25)29(26-18-11-8-12-19-26)31-32-22-15-20-27(32)24-33-4/h7-12,16-19,27-28H,13-15,20-24H2,1-6H3/b31-29-/t27-,28+/m0/s1. The molecule has 1 aliphatic heterocycles. The van der Waals surface area contributed by atoms with Gasteiger partial charge in [-0.05, 0) is 54.9 Å². The smallest absolute Gasteiger partial charge is 0.191 e. The Balaban J connectivity index is 1.82. The lowest BCUT2D eigenvalue weighted by atomic mass is 9.86. The van der Waals surface area contributed by atoms with Crippen LogP contribution in [0, 0.1) is 0 Å². The topological polar surface area (TPSA) is 34.1 Å². The predicted molar refractivity (Wildman–Crippen MR) is 151 cm³/mol. The Kier molecular flexibility index (Phi) is 10.1. The minimum absolute atomic E-state index is 0.246. The number of hydrogen-bond donors (Lipinski definition) is 0. The van der Waals surface area contributed by atoms with Crippen LogP contribution in [-0.4, -0.2) is 51.9 Å². The van der Waals surface area contributed by atoms with Crippen LogP contribution >= 0.6 is 0 Å². The summed E-state index contributed by atoms with van der Waals surface area (Å²) >= 11 is 0. The fraction of sp³-hybridized carbons (Fsp3) is 0.567. The second kappa shape index (κ2) is 12.8. The molecule has 0 spiro atoms. The van der Waals surface area contributed by atoms with Crippen molar-refractivity contribution in [2.24, 2.45) is 5.10 Å². The Bertz CT molecular complexity index is 909. The third-order valence-electron chi connectivity index (χ3n) is 7.70. The Hall–Kier alpha value is -1.95. The maximum atomic E-state index is 6.46. The van der Waals surface area contributed by atoms with Gasteiger partial charge in [-0.3, -0.25) is 5.01 Å². The van der Waals surface area contributed by atoms with Gasteiger partial charge in [0.15, 0.2) is 8.32 Å². The van der Waals surface area contributed by atoms with Gasteiger partial charge in [0.2, 0.25) is 0 Å². The summed E-state index contributed by atoms with van der Waals surface area (Å²) < 4.78 is 12.0. The molecule has 3 rings (SSSR count). The molecule has 0 N–H and O–H groups in total. The average Bonchev–Trinajstić information content (AvgIpc) is 3.27. The Morgan fingerprint density at radius 1 is 1.03 bits per heavy atom. The molecule has 0 radical (unpaired) electrons. The maximum absolute atomic E-state index is 6.46. The second-order valence-electron chi connectivity index (χ2n) is 11.3. The normalized spacial score (nSPS) is 18.2. The highest BCUT2D eigenvalue weighted by molar-refractivity contribution is 6.74. The van der Waals surface area contributed by atoms with Crippen molar-refractivity contribution in [2.75, 3.05) is 26.9 Å². The highest BCUT2D eigenvalue weighted by Crippen LogP contribution is 2.37. The molecule has 0 bridgehead atoms. The molecule has 2 atom stereocenters. The third-order valence-corrected chi connectivity index (χ3v) is 12.2. The van der Waals surface area contributed by atoms with Crippen molar-refractivity contribution in [1.82, 2.24) is 5.01 Å². The van der Waals surface area contributed by atoms with E-state index in [0.717, 1.165) is 45.4 Å². The molecule has 4 nitrogen and oxygen atoms in total. The zero-order valence-electron chi connectivity index (χ0n) is 22.8. The zero-order chi connectivity index (χ0) is 25.3. The Morgan fingerprint density at radius 2 is 1.69 bits per heavy atom. The highest BCUT2D eigenvalue weighted by Gasteiger charge is 2.36. The largest absolute Gasteiger partial charge is 0.417 e. The number of nitrogens with zero attached hydrogens (tertiary/aromatic N) is 2. The van der Waals surface area contributed by atoms with Gasteiger partial charge in [0.1, 0.15) is 0 Å². The van der Waals surface area contributed by atoms with Crippen LogP contribution in [0.3, 0.4) is 0 Å². The minimum atomic E-state index is -1.70. The van der Waals surface area contributed by atoms with Crippen LogP contribution < -0.4 is 0 Å². The van der Waals surface area contributed by atoms with Crippen LogP contribution in [0.2, 0.25) is 18.1 Å². The van der Waals surface area contributed by atoms with Crippen LogP contribution in [0.4, 0.5) is 0 Å². The first-order chi connectivity index (χ1) is 16.7. The van der Waals surface area contributed by atoms with Gasteiger partial charge in [-0.1, -0.05) is 87.9 Å². The summed E-state index contributed by atoms with van der Waals surface area (Å²) in [4.78, 5) is 0. The van der Waals surface area contributed by atoms with E-state index in [9.17, 15) is 0 Å². The summed E-state index contributed by atoms with van der Waals surface area (Å²) in [6.45, 7) is 14.2. The van der Waals surface area contributed by atoms with E-state index in [1.54, 1.807) is 7.11 Å². The van der Waals surface area contributed by atoms with E-state index >= 15 is 0 Å². The summed E-state index contributed by atoms with van der Waals surface area (Å²) in [6, 6.07) is 22.0. The van der Waals surface area contributed by atoms with E-state index in [0.29, 0.717) is 6.04 Å². The van der Waals surface area contributed by atoms with Gasteiger partial charge >= 0.3 is 0 Å². The number of hydrazone groups is 1. The fourth-order valence-electron chi connectivity index (χ4n) is 4.53. The zero-order valence-corrected chi connectivity index (χ0v) is 23.8. The molecule has 0 aromatic heterocycles. The average molecular weight is 495 g/mol. The van der Waals surface area contributed by atoms with Crippen molar-refractivity contribution in [3.63, 3.8) is 0 Å². The van der Waals surface area contributed by atoms with Gasteiger partial charge in [0.25, 0.3) is 0 Å². The molecule has 1 heterocycles. The Morgan fingerprint density at radius 3 is 2.31 bits per heavy atom. The van der Waals surface area contributed by atoms with Crippen molar-refractivity contribution in [1.29, 1.82) is 0 Å². The second-order valence-corrected chi connectivity index (χ2v) is 16.1. The monoisotopic (exact) mass is 494 g/mol. The minimum Gasteiger partial charge on any atom is -0.417 e. The summed E-state index contributed by atoms with van der Waals surface area (Å²) in [5, 5.41) is 7.87. The number of benzene rings is 2.